The van der Waals surface area contributed by atoms with Gasteiger partial charge in [-0.25, -0.2) is 13.4 Å². The third kappa shape index (κ3) is 5.14. The van der Waals surface area contributed by atoms with Gasteiger partial charge in [-0.2, -0.15) is 4.98 Å². The number of nitrogens with one attached hydrogen (secondary N) is 1. The average Bonchev–Trinajstić information content (AvgIpc) is 3.26. The zero-order valence-corrected chi connectivity index (χ0v) is 21.3. The van der Waals surface area contributed by atoms with Crippen molar-refractivity contribution in [2.75, 3.05) is 40.9 Å². The number of nitrogens with two attached hydrogens (primary N) is 1. The molecule has 188 valence electrons. The van der Waals surface area contributed by atoms with Crippen LogP contribution in [0.4, 0.5) is 23.0 Å². The Morgan fingerprint density at radius 1 is 1.14 bits per heavy atom. The van der Waals surface area contributed by atoms with E-state index in [1.807, 2.05) is 53.2 Å². The molecule has 36 heavy (non-hydrogen) atoms. The van der Waals surface area contributed by atoms with E-state index in [0.717, 1.165) is 48.2 Å². The zero-order valence-electron chi connectivity index (χ0n) is 20.5. The first-order valence-electron chi connectivity index (χ1n) is 12.0. The van der Waals surface area contributed by atoms with Gasteiger partial charge in [-0.1, -0.05) is 18.2 Å². The fourth-order valence-electron chi connectivity index (χ4n) is 4.60. The largest absolute Gasteiger partial charge is 0.370 e. The molecule has 3 heterocycles. The highest BCUT2D eigenvalue weighted by Gasteiger charge is 2.18. The number of anilines is 4. The first kappa shape index (κ1) is 24.1. The second-order valence-electron chi connectivity index (χ2n) is 9.30. The van der Waals surface area contributed by atoms with E-state index in [2.05, 4.69) is 27.3 Å². The van der Waals surface area contributed by atoms with E-state index in [1.54, 1.807) is 13.2 Å². The van der Waals surface area contributed by atoms with E-state index in [1.165, 1.54) is 16.2 Å². The van der Waals surface area contributed by atoms with Crippen LogP contribution in [0.1, 0.15) is 18.4 Å². The molecule has 0 amide bonds. The van der Waals surface area contributed by atoms with Crippen molar-refractivity contribution in [3.63, 3.8) is 0 Å². The van der Waals surface area contributed by atoms with Crippen LogP contribution in [0.5, 0.6) is 0 Å². The van der Waals surface area contributed by atoms with Crippen LogP contribution in [0.3, 0.4) is 0 Å². The lowest BCUT2D eigenvalue weighted by Gasteiger charge is -2.32. The van der Waals surface area contributed by atoms with Crippen LogP contribution in [-0.4, -0.2) is 55.4 Å². The number of aromatic nitrogens is 3. The third-order valence-electron chi connectivity index (χ3n) is 6.62. The summed E-state index contributed by atoms with van der Waals surface area (Å²) in [6, 6.07) is 17.9. The Bertz CT molecular complexity index is 1470. The molecule has 9 nitrogen and oxygen atoms in total. The number of hydrogen-bond acceptors (Lipinski definition) is 7. The molecule has 0 saturated carbocycles. The van der Waals surface area contributed by atoms with Crippen molar-refractivity contribution in [2.45, 2.75) is 25.4 Å². The van der Waals surface area contributed by atoms with Gasteiger partial charge >= 0.3 is 0 Å². The lowest BCUT2D eigenvalue weighted by Crippen LogP contribution is -2.42. The molecular weight excluding hydrogens is 474 g/mol. The molecule has 2 aromatic carbocycles. The number of benzene rings is 2. The third-order valence-corrected chi connectivity index (χ3v) is 7.81. The number of piperidine rings is 1. The molecule has 1 fully saturated rings. The SMILES string of the molecule is CN(c1ccccc1Cn1ccc2cnc(Nc3ccc(N4CCCC(N)C4)cc3)nc21)S(C)(=O)=O. The lowest BCUT2D eigenvalue weighted by atomic mass is 10.1. The molecule has 1 saturated heterocycles. The summed E-state index contributed by atoms with van der Waals surface area (Å²) < 4.78 is 27.6. The molecular formula is C26H31N7O2S. The van der Waals surface area contributed by atoms with Crippen molar-refractivity contribution >= 4 is 44.1 Å². The maximum absolute atomic E-state index is 12.1. The summed E-state index contributed by atoms with van der Waals surface area (Å²) in [7, 11) is -1.81. The predicted octanol–water partition coefficient (Wildman–Crippen LogP) is 3.55. The molecule has 5 rings (SSSR count). The van der Waals surface area contributed by atoms with Crippen molar-refractivity contribution in [1.29, 1.82) is 0 Å². The normalized spacial score (nSPS) is 16.3. The van der Waals surface area contributed by atoms with Crippen LogP contribution < -0.4 is 20.3 Å². The molecule has 0 spiro atoms. The molecule has 0 radical (unpaired) electrons. The Kier molecular flexibility index (Phi) is 6.55. The van der Waals surface area contributed by atoms with Gasteiger partial charge in [-0.3, -0.25) is 4.31 Å². The van der Waals surface area contributed by atoms with Gasteiger partial charge in [0.2, 0.25) is 16.0 Å². The van der Waals surface area contributed by atoms with Crippen LogP contribution in [0.25, 0.3) is 11.0 Å². The summed E-state index contributed by atoms with van der Waals surface area (Å²) >= 11 is 0. The number of fused-ring (bicyclic) bond motifs is 1. The highest BCUT2D eigenvalue weighted by atomic mass is 32.2. The number of hydrogen-bond donors (Lipinski definition) is 2. The predicted molar refractivity (Wildman–Crippen MR) is 145 cm³/mol. The van der Waals surface area contributed by atoms with Crippen LogP contribution >= 0.6 is 0 Å². The second kappa shape index (κ2) is 9.79. The minimum atomic E-state index is -3.38. The lowest BCUT2D eigenvalue weighted by molar-refractivity contribution is 0.506. The molecule has 0 bridgehead atoms. The maximum Gasteiger partial charge on any atom is 0.232 e. The fourth-order valence-corrected chi connectivity index (χ4v) is 5.14. The summed E-state index contributed by atoms with van der Waals surface area (Å²) in [6.07, 6.45) is 7.13. The highest BCUT2D eigenvalue weighted by Crippen LogP contribution is 2.26. The van der Waals surface area contributed by atoms with Crippen molar-refractivity contribution in [2.24, 2.45) is 5.73 Å². The van der Waals surface area contributed by atoms with Crippen LogP contribution in [0, 0.1) is 0 Å². The van der Waals surface area contributed by atoms with Gasteiger partial charge in [-0.15, -0.1) is 0 Å². The van der Waals surface area contributed by atoms with Gasteiger partial charge in [0, 0.05) is 55.3 Å². The van der Waals surface area contributed by atoms with Crippen LogP contribution in [0.15, 0.2) is 67.0 Å². The van der Waals surface area contributed by atoms with Crippen LogP contribution in [-0.2, 0) is 16.6 Å². The topological polar surface area (TPSA) is 109 Å². The quantitative estimate of drug-likeness (QED) is 0.395. The number of sulfonamides is 1. The smallest absolute Gasteiger partial charge is 0.232 e. The maximum atomic E-state index is 12.1. The zero-order chi connectivity index (χ0) is 25.3. The number of nitrogens with zero attached hydrogens (tertiary/aromatic N) is 5. The fraction of sp³-hybridized carbons (Fsp3) is 0.308. The van der Waals surface area contributed by atoms with Crippen molar-refractivity contribution in [1.82, 2.24) is 14.5 Å². The van der Waals surface area contributed by atoms with Gasteiger partial charge in [0.05, 0.1) is 18.5 Å². The van der Waals surface area contributed by atoms with E-state index in [9.17, 15) is 8.42 Å². The Morgan fingerprint density at radius 3 is 2.67 bits per heavy atom. The molecule has 10 heteroatoms. The summed E-state index contributed by atoms with van der Waals surface area (Å²) in [4.78, 5) is 11.6. The molecule has 1 unspecified atom stereocenters. The molecule has 0 aliphatic carbocycles. The minimum Gasteiger partial charge on any atom is -0.370 e. The second-order valence-corrected chi connectivity index (χ2v) is 11.3. The molecule has 1 atom stereocenters. The first-order valence-corrected chi connectivity index (χ1v) is 13.8. The van der Waals surface area contributed by atoms with Crippen molar-refractivity contribution in [3.8, 4) is 0 Å². The summed E-state index contributed by atoms with van der Waals surface area (Å²) in [5.74, 6) is 0.497. The van der Waals surface area contributed by atoms with Gasteiger partial charge in [0.25, 0.3) is 0 Å². The molecule has 1 aliphatic rings. The van der Waals surface area contributed by atoms with E-state index in [-0.39, 0.29) is 6.04 Å². The van der Waals surface area contributed by atoms with E-state index in [4.69, 9.17) is 10.7 Å². The van der Waals surface area contributed by atoms with Gasteiger partial charge in [-0.05, 0) is 54.8 Å². The monoisotopic (exact) mass is 505 g/mol. The minimum absolute atomic E-state index is 0.228. The summed E-state index contributed by atoms with van der Waals surface area (Å²) in [6.45, 7) is 2.38. The van der Waals surface area contributed by atoms with E-state index >= 15 is 0 Å². The van der Waals surface area contributed by atoms with Gasteiger partial charge in [0.1, 0.15) is 5.65 Å². The van der Waals surface area contributed by atoms with Gasteiger partial charge in [0.15, 0.2) is 0 Å². The Morgan fingerprint density at radius 2 is 1.92 bits per heavy atom. The van der Waals surface area contributed by atoms with Crippen molar-refractivity contribution < 1.29 is 8.42 Å². The first-order chi connectivity index (χ1) is 17.3. The van der Waals surface area contributed by atoms with Crippen LogP contribution in [0.2, 0.25) is 0 Å². The molecule has 1 aliphatic heterocycles. The molecule has 4 aromatic rings. The Balaban J connectivity index is 1.36. The standard InChI is InChI=1S/C26H31N7O2S/c1-31(36(2,34)35)24-8-4-3-6-20(24)17-33-15-13-19-16-28-26(30-25(19)33)29-22-9-11-23(12-10-22)32-14-5-7-21(27)18-32/h3-4,6,8-13,15-16,21H,5,7,14,17-18,27H2,1-2H3,(H,28,29,30). The molecule has 2 aromatic heterocycles. The van der Waals surface area contributed by atoms with E-state index in [0.29, 0.717) is 18.2 Å². The number of rotatable bonds is 7. The summed E-state index contributed by atoms with van der Waals surface area (Å²) in [5.41, 5.74) is 10.5. The Labute approximate surface area is 211 Å². The Hall–Kier alpha value is -3.63. The molecule has 3 N–H and O–H groups in total. The van der Waals surface area contributed by atoms with Crippen molar-refractivity contribution in [3.05, 3.63) is 72.6 Å². The average molecular weight is 506 g/mol. The number of para-hydroxylation sites is 1. The highest BCUT2D eigenvalue weighted by molar-refractivity contribution is 7.92. The van der Waals surface area contributed by atoms with Gasteiger partial charge < -0.3 is 20.5 Å². The summed E-state index contributed by atoms with van der Waals surface area (Å²) in [5, 5.41) is 4.21. The van der Waals surface area contributed by atoms with E-state index < -0.39 is 10.0 Å².